The molecule has 202 valence electrons. The number of halogens is 2. The number of imidazole rings is 1. The molecule has 2 fully saturated rings. The van der Waals surface area contributed by atoms with Crippen molar-refractivity contribution in [1.82, 2.24) is 24.9 Å². The first-order valence-corrected chi connectivity index (χ1v) is 13.4. The number of aryl methyl sites for hydroxylation is 2. The molecule has 3 N–H and O–H groups in total. The molecule has 12 heteroatoms. The van der Waals surface area contributed by atoms with E-state index in [1.54, 1.807) is 18.5 Å². The van der Waals surface area contributed by atoms with Gasteiger partial charge < -0.3 is 29.6 Å². The van der Waals surface area contributed by atoms with Crippen LogP contribution in [-0.4, -0.2) is 67.7 Å². The third kappa shape index (κ3) is 4.39. The lowest BCUT2D eigenvalue weighted by atomic mass is 10.0. The van der Waals surface area contributed by atoms with Crippen molar-refractivity contribution in [2.75, 3.05) is 18.5 Å². The third-order valence-corrected chi connectivity index (χ3v) is 7.87. The Hall–Kier alpha value is -3.38. The summed E-state index contributed by atoms with van der Waals surface area (Å²) in [6, 6.07) is 5.22. The van der Waals surface area contributed by atoms with E-state index in [-0.39, 0.29) is 37.2 Å². The summed E-state index contributed by atoms with van der Waals surface area (Å²) < 4.78 is 32.6. The standard InChI is InChI=1S/C27H26ClFN6O4/c1-2-21-30-8-14(9-31-21)13-5-12-3-4-17(22(12)16(29)6-13)32-25-15(28)7-18-26(34-25)35-27(33-18)39-20-11-38-23-19(36)10-37-24(20)23/h5-9,17,19-20,23-24,36H,2-4,10-11H2,1H3,(H2,32,33,34,35)/t17-,19+,20+,23+,24+/m0/s1. The number of pyridine rings is 1. The molecule has 0 saturated carbocycles. The normalized spacial score (nSPS) is 25.7. The number of hydrogen-bond donors (Lipinski definition) is 3. The van der Waals surface area contributed by atoms with Crippen LogP contribution >= 0.6 is 11.6 Å². The Morgan fingerprint density at radius 2 is 1.95 bits per heavy atom. The summed E-state index contributed by atoms with van der Waals surface area (Å²) in [5.74, 6) is 0.880. The molecule has 0 unspecified atom stereocenters. The molecule has 2 aliphatic heterocycles. The summed E-state index contributed by atoms with van der Waals surface area (Å²) in [5, 5.41) is 13.6. The average Bonchev–Trinajstić information content (AvgIpc) is 3.71. The summed E-state index contributed by atoms with van der Waals surface area (Å²) in [4.78, 5) is 20.8. The van der Waals surface area contributed by atoms with E-state index in [2.05, 4.69) is 30.2 Å². The van der Waals surface area contributed by atoms with Gasteiger partial charge in [-0.2, -0.15) is 4.98 Å². The molecule has 0 radical (unpaired) electrons. The summed E-state index contributed by atoms with van der Waals surface area (Å²) in [6.45, 7) is 2.50. The highest BCUT2D eigenvalue weighted by atomic mass is 35.5. The first kappa shape index (κ1) is 24.6. The minimum Gasteiger partial charge on any atom is -0.456 e. The highest BCUT2D eigenvalue weighted by Crippen LogP contribution is 2.39. The Morgan fingerprint density at radius 3 is 2.77 bits per heavy atom. The Kier molecular flexibility index (Phi) is 6.11. The lowest BCUT2D eigenvalue weighted by Gasteiger charge is -2.17. The van der Waals surface area contributed by atoms with E-state index in [0.717, 1.165) is 28.9 Å². The zero-order valence-corrected chi connectivity index (χ0v) is 21.8. The van der Waals surface area contributed by atoms with Gasteiger partial charge >= 0.3 is 0 Å². The molecule has 7 rings (SSSR count). The van der Waals surface area contributed by atoms with Crippen LogP contribution in [0, 0.1) is 5.82 Å². The van der Waals surface area contributed by atoms with Crippen molar-refractivity contribution >= 4 is 28.6 Å². The van der Waals surface area contributed by atoms with E-state index < -0.39 is 18.3 Å². The Labute approximate surface area is 227 Å². The van der Waals surface area contributed by atoms with Crippen LogP contribution in [0.25, 0.3) is 22.3 Å². The van der Waals surface area contributed by atoms with Gasteiger partial charge in [-0.3, -0.25) is 0 Å². The number of aromatic amines is 1. The quantitative estimate of drug-likeness (QED) is 0.327. The number of nitrogens with zero attached hydrogens (tertiary/aromatic N) is 4. The van der Waals surface area contributed by atoms with Crippen molar-refractivity contribution in [2.45, 2.75) is 56.6 Å². The van der Waals surface area contributed by atoms with Gasteiger partial charge in [0.05, 0.1) is 29.8 Å². The second-order valence-corrected chi connectivity index (χ2v) is 10.5. The third-order valence-electron chi connectivity index (χ3n) is 7.58. The molecule has 5 atom stereocenters. The van der Waals surface area contributed by atoms with Crippen molar-refractivity contribution in [1.29, 1.82) is 0 Å². The minimum atomic E-state index is -0.660. The molecular weight excluding hydrogens is 527 g/mol. The molecule has 0 amide bonds. The van der Waals surface area contributed by atoms with Crippen LogP contribution in [-0.2, 0) is 22.3 Å². The number of anilines is 1. The van der Waals surface area contributed by atoms with E-state index in [9.17, 15) is 5.11 Å². The van der Waals surface area contributed by atoms with Crippen molar-refractivity contribution in [3.8, 4) is 17.1 Å². The van der Waals surface area contributed by atoms with Crippen LogP contribution in [0.3, 0.4) is 0 Å². The fourth-order valence-electron chi connectivity index (χ4n) is 5.62. The zero-order chi connectivity index (χ0) is 26.7. The number of aromatic nitrogens is 5. The fraction of sp³-hybridized carbons (Fsp3) is 0.407. The van der Waals surface area contributed by atoms with Crippen LogP contribution in [0.4, 0.5) is 10.2 Å². The Morgan fingerprint density at radius 1 is 1.13 bits per heavy atom. The van der Waals surface area contributed by atoms with Gasteiger partial charge in [0, 0.05) is 29.9 Å². The van der Waals surface area contributed by atoms with E-state index in [0.29, 0.717) is 40.4 Å². The number of rotatable bonds is 6. The van der Waals surface area contributed by atoms with E-state index >= 15 is 4.39 Å². The number of aliphatic hydroxyl groups excluding tert-OH is 1. The van der Waals surface area contributed by atoms with E-state index in [1.165, 1.54) is 6.07 Å². The molecule has 10 nitrogen and oxygen atoms in total. The van der Waals surface area contributed by atoms with Gasteiger partial charge in [0.15, 0.2) is 11.8 Å². The van der Waals surface area contributed by atoms with Crippen molar-refractivity contribution in [2.24, 2.45) is 0 Å². The molecule has 1 aliphatic carbocycles. The van der Waals surface area contributed by atoms with Crippen LogP contribution in [0.1, 0.15) is 36.3 Å². The van der Waals surface area contributed by atoms with E-state index in [1.807, 2.05) is 13.0 Å². The van der Waals surface area contributed by atoms with Crippen LogP contribution < -0.4 is 10.1 Å². The number of H-pyrrole nitrogens is 1. The van der Waals surface area contributed by atoms with Crippen LogP contribution in [0.2, 0.25) is 5.02 Å². The molecule has 0 bridgehead atoms. The molecule has 4 aromatic rings. The van der Waals surface area contributed by atoms with Gasteiger partial charge in [0.2, 0.25) is 0 Å². The highest BCUT2D eigenvalue weighted by Gasteiger charge is 2.48. The van der Waals surface area contributed by atoms with Crippen LogP contribution in [0.5, 0.6) is 6.01 Å². The fourth-order valence-corrected chi connectivity index (χ4v) is 5.83. The molecule has 39 heavy (non-hydrogen) atoms. The first-order valence-electron chi connectivity index (χ1n) is 13.0. The van der Waals surface area contributed by atoms with Crippen molar-refractivity contribution in [3.63, 3.8) is 0 Å². The van der Waals surface area contributed by atoms with Crippen molar-refractivity contribution in [3.05, 3.63) is 58.4 Å². The topological polar surface area (TPSA) is 127 Å². The van der Waals surface area contributed by atoms with Gasteiger partial charge in [0.25, 0.3) is 6.01 Å². The molecule has 3 aromatic heterocycles. The maximum Gasteiger partial charge on any atom is 0.296 e. The number of hydrogen-bond acceptors (Lipinski definition) is 9. The van der Waals surface area contributed by atoms with Crippen molar-refractivity contribution < 1.29 is 23.7 Å². The summed E-state index contributed by atoms with van der Waals surface area (Å²) in [5.41, 5.74) is 4.10. The van der Waals surface area contributed by atoms with E-state index in [4.69, 9.17) is 25.8 Å². The smallest absolute Gasteiger partial charge is 0.296 e. The maximum absolute atomic E-state index is 15.4. The minimum absolute atomic E-state index is 0.216. The monoisotopic (exact) mass is 552 g/mol. The Bertz CT molecular complexity index is 1550. The summed E-state index contributed by atoms with van der Waals surface area (Å²) in [7, 11) is 0. The maximum atomic E-state index is 15.4. The molecule has 0 spiro atoms. The van der Waals surface area contributed by atoms with Gasteiger partial charge in [-0.05, 0) is 36.1 Å². The largest absolute Gasteiger partial charge is 0.456 e. The number of benzene rings is 1. The van der Waals surface area contributed by atoms with Gasteiger partial charge in [-0.1, -0.05) is 24.6 Å². The molecule has 5 heterocycles. The number of nitrogens with one attached hydrogen (secondary N) is 2. The number of fused-ring (bicyclic) bond motifs is 3. The second-order valence-electron chi connectivity index (χ2n) is 10.1. The van der Waals surface area contributed by atoms with Gasteiger partial charge in [-0.15, -0.1) is 0 Å². The summed E-state index contributed by atoms with van der Waals surface area (Å²) in [6.07, 6.45) is 3.81. The second kappa shape index (κ2) is 9.67. The molecule has 1 aromatic carbocycles. The first-order chi connectivity index (χ1) is 19.0. The highest BCUT2D eigenvalue weighted by molar-refractivity contribution is 6.33. The number of aliphatic hydroxyl groups is 1. The SMILES string of the molecule is CCc1ncc(-c2cc(F)c3c(c2)CC[C@@H]3Nc2nc3nc(O[C@@H]4CO[C@H]5[C@@H]4OC[C@H]5O)[nH]c3cc2Cl)cn1. The number of ether oxygens (including phenoxy) is 3. The lowest BCUT2D eigenvalue weighted by Crippen LogP contribution is -2.34. The molecule has 3 aliphatic rings. The average molecular weight is 553 g/mol. The predicted octanol–water partition coefficient (Wildman–Crippen LogP) is 3.78. The predicted molar refractivity (Wildman–Crippen MR) is 140 cm³/mol. The lowest BCUT2D eigenvalue weighted by molar-refractivity contribution is 0.00706. The molecular formula is C27H26ClFN6O4. The van der Waals surface area contributed by atoms with Crippen LogP contribution in [0.15, 0.2) is 30.6 Å². The zero-order valence-electron chi connectivity index (χ0n) is 21.0. The van der Waals surface area contributed by atoms with Gasteiger partial charge in [-0.25, -0.2) is 19.3 Å². The molecule has 2 saturated heterocycles. The van der Waals surface area contributed by atoms with Gasteiger partial charge in [0.1, 0.15) is 35.8 Å². The Balaban J connectivity index is 1.11. The summed E-state index contributed by atoms with van der Waals surface area (Å²) >= 11 is 6.56.